The molecule has 1 fully saturated rings. The van der Waals surface area contributed by atoms with Gasteiger partial charge < -0.3 is 15.2 Å². The van der Waals surface area contributed by atoms with Crippen molar-refractivity contribution in [1.82, 2.24) is 15.2 Å². The first-order chi connectivity index (χ1) is 9.99. The lowest BCUT2D eigenvalue weighted by atomic mass is 10.0. The van der Waals surface area contributed by atoms with Crippen molar-refractivity contribution in [3.63, 3.8) is 0 Å². The van der Waals surface area contributed by atoms with Crippen LogP contribution < -0.4 is 10.7 Å². The van der Waals surface area contributed by atoms with E-state index in [-0.39, 0.29) is 34.8 Å². The summed E-state index contributed by atoms with van der Waals surface area (Å²) < 4.78 is 0. The Kier molecular flexibility index (Phi) is 4.77. The number of piperidine rings is 1. The molecule has 2 rings (SSSR count). The van der Waals surface area contributed by atoms with Gasteiger partial charge in [0, 0.05) is 43.5 Å². The van der Waals surface area contributed by atoms with Gasteiger partial charge in [-0.2, -0.15) is 0 Å². The molecule has 1 aromatic heterocycles. The van der Waals surface area contributed by atoms with E-state index in [9.17, 15) is 14.4 Å². The number of H-pyrrole nitrogens is 1. The summed E-state index contributed by atoms with van der Waals surface area (Å²) in [5.41, 5.74) is -0.101. The molecule has 0 saturated carbocycles. The Hall–Kier alpha value is -2.11. The second-order valence-corrected chi connectivity index (χ2v) is 5.65. The van der Waals surface area contributed by atoms with Gasteiger partial charge in [-0.25, -0.2) is 0 Å². The molecule has 1 aromatic rings. The monoisotopic (exact) mass is 291 g/mol. The minimum Gasteiger partial charge on any atom is -0.367 e. The zero-order valence-corrected chi connectivity index (χ0v) is 12.4. The molecule has 2 N–H and O–H groups in total. The first-order valence-electron chi connectivity index (χ1n) is 7.26. The van der Waals surface area contributed by atoms with E-state index in [4.69, 9.17) is 0 Å². The number of rotatable bonds is 3. The van der Waals surface area contributed by atoms with E-state index in [0.29, 0.717) is 13.1 Å². The molecule has 114 valence electrons. The van der Waals surface area contributed by atoms with Crippen molar-refractivity contribution in [3.05, 3.63) is 34.2 Å². The lowest BCUT2D eigenvalue weighted by Gasteiger charge is -2.32. The van der Waals surface area contributed by atoms with Crippen LogP contribution in [0.3, 0.4) is 0 Å². The van der Waals surface area contributed by atoms with Crippen LogP contribution in [0.4, 0.5) is 0 Å². The molecule has 6 nitrogen and oxygen atoms in total. The standard InChI is InChI=1S/C15H21N3O3/c1-10(2)14(20)17-11-4-7-18(8-5-11)15(21)12-9-16-6-3-13(12)19/h3,6,9-11H,4-5,7-8H2,1-2H3,(H,16,19)(H,17,20). The topological polar surface area (TPSA) is 82.3 Å². The number of hydrogen-bond acceptors (Lipinski definition) is 3. The maximum absolute atomic E-state index is 12.3. The average molecular weight is 291 g/mol. The van der Waals surface area contributed by atoms with Gasteiger partial charge in [0.1, 0.15) is 5.56 Å². The number of pyridine rings is 1. The molecule has 1 saturated heterocycles. The van der Waals surface area contributed by atoms with Crippen molar-refractivity contribution in [2.75, 3.05) is 13.1 Å². The Bertz CT molecular complexity index is 572. The lowest BCUT2D eigenvalue weighted by molar-refractivity contribution is -0.124. The Balaban J connectivity index is 1.92. The van der Waals surface area contributed by atoms with Crippen LogP contribution in [-0.2, 0) is 4.79 Å². The molecule has 1 aliphatic heterocycles. The number of nitrogens with one attached hydrogen (secondary N) is 2. The van der Waals surface area contributed by atoms with Gasteiger partial charge in [-0.05, 0) is 12.8 Å². The smallest absolute Gasteiger partial charge is 0.259 e. The van der Waals surface area contributed by atoms with Gasteiger partial charge in [-0.1, -0.05) is 13.8 Å². The highest BCUT2D eigenvalue weighted by molar-refractivity contribution is 5.93. The van der Waals surface area contributed by atoms with E-state index < -0.39 is 0 Å². The lowest BCUT2D eigenvalue weighted by Crippen LogP contribution is -2.48. The summed E-state index contributed by atoms with van der Waals surface area (Å²) in [5, 5.41) is 2.98. The van der Waals surface area contributed by atoms with E-state index in [2.05, 4.69) is 10.3 Å². The van der Waals surface area contributed by atoms with Crippen LogP contribution in [0, 0.1) is 5.92 Å². The van der Waals surface area contributed by atoms with Crippen molar-refractivity contribution in [3.8, 4) is 0 Å². The van der Waals surface area contributed by atoms with E-state index in [1.54, 1.807) is 4.90 Å². The van der Waals surface area contributed by atoms with Gasteiger partial charge in [0.25, 0.3) is 5.91 Å². The minimum atomic E-state index is -0.269. The Morgan fingerprint density at radius 2 is 2.00 bits per heavy atom. The number of nitrogens with zero attached hydrogens (tertiary/aromatic N) is 1. The third-order valence-corrected chi connectivity index (χ3v) is 3.71. The summed E-state index contributed by atoms with van der Waals surface area (Å²) in [5.74, 6) is -0.239. The van der Waals surface area contributed by atoms with Crippen molar-refractivity contribution >= 4 is 11.8 Å². The van der Waals surface area contributed by atoms with E-state index in [1.165, 1.54) is 18.5 Å². The molecule has 0 bridgehead atoms. The van der Waals surface area contributed by atoms with E-state index in [1.807, 2.05) is 13.8 Å². The Morgan fingerprint density at radius 1 is 1.33 bits per heavy atom. The zero-order chi connectivity index (χ0) is 15.4. The molecule has 2 amide bonds. The van der Waals surface area contributed by atoms with Crippen molar-refractivity contribution in [2.24, 2.45) is 5.92 Å². The summed E-state index contributed by atoms with van der Waals surface area (Å²) in [4.78, 5) is 40.0. The third-order valence-electron chi connectivity index (χ3n) is 3.71. The van der Waals surface area contributed by atoms with Gasteiger partial charge in [0.05, 0.1) is 0 Å². The molecule has 0 aliphatic carbocycles. The van der Waals surface area contributed by atoms with Gasteiger partial charge in [-0.3, -0.25) is 14.4 Å². The van der Waals surface area contributed by atoms with Crippen molar-refractivity contribution in [1.29, 1.82) is 0 Å². The van der Waals surface area contributed by atoms with Crippen LogP contribution in [0.25, 0.3) is 0 Å². The largest absolute Gasteiger partial charge is 0.367 e. The summed E-state index contributed by atoms with van der Waals surface area (Å²) in [6.45, 7) is 4.82. The Morgan fingerprint density at radius 3 is 2.57 bits per heavy atom. The molecule has 0 atom stereocenters. The molecule has 2 heterocycles. The molecule has 0 unspecified atom stereocenters. The molecule has 21 heavy (non-hydrogen) atoms. The molecule has 0 aromatic carbocycles. The number of carbonyl (C=O) groups is 2. The van der Waals surface area contributed by atoms with Crippen LogP contribution >= 0.6 is 0 Å². The van der Waals surface area contributed by atoms with Gasteiger partial charge >= 0.3 is 0 Å². The number of amides is 2. The first kappa shape index (κ1) is 15.3. The van der Waals surface area contributed by atoms with E-state index in [0.717, 1.165) is 12.8 Å². The van der Waals surface area contributed by atoms with E-state index >= 15 is 0 Å². The SMILES string of the molecule is CC(C)C(=O)NC1CCN(C(=O)c2c[nH]ccc2=O)CC1. The fraction of sp³-hybridized carbons (Fsp3) is 0.533. The molecule has 0 radical (unpaired) electrons. The first-order valence-corrected chi connectivity index (χ1v) is 7.26. The summed E-state index contributed by atoms with van der Waals surface area (Å²) in [7, 11) is 0. The molecule has 0 spiro atoms. The summed E-state index contributed by atoms with van der Waals surface area (Å²) >= 11 is 0. The second kappa shape index (κ2) is 6.56. The maximum Gasteiger partial charge on any atom is 0.259 e. The van der Waals surface area contributed by atoms with Crippen LogP contribution in [0.5, 0.6) is 0 Å². The minimum absolute atomic E-state index is 0.0347. The van der Waals surface area contributed by atoms with Gasteiger partial charge in [-0.15, -0.1) is 0 Å². The second-order valence-electron chi connectivity index (χ2n) is 5.65. The molecule has 1 aliphatic rings. The molecule has 6 heteroatoms. The van der Waals surface area contributed by atoms with Gasteiger partial charge in [0.15, 0.2) is 5.43 Å². The van der Waals surface area contributed by atoms with Gasteiger partial charge in [0.2, 0.25) is 5.91 Å². The predicted molar refractivity (Wildman–Crippen MR) is 79.0 cm³/mol. The van der Waals surface area contributed by atoms with Crippen LogP contribution in [0.2, 0.25) is 0 Å². The Labute approximate surface area is 123 Å². The van der Waals surface area contributed by atoms with Crippen molar-refractivity contribution < 1.29 is 9.59 Å². The normalized spacial score (nSPS) is 16.0. The molecular weight excluding hydrogens is 270 g/mol. The predicted octanol–water partition coefficient (Wildman–Crippen LogP) is 0.752. The van der Waals surface area contributed by atoms with Crippen LogP contribution in [0.1, 0.15) is 37.0 Å². The number of hydrogen-bond donors (Lipinski definition) is 2. The summed E-state index contributed by atoms with van der Waals surface area (Å²) in [6, 6.07) is 1.46. The third kappa shape index (κ3) is 3.71. The number of aromatic nitrogens is 1. The number of aromatic amines is 1. The highest BCUT2D eigenvalue weighted by Crippen LogP contribution is 2.13. The van der Waals surface area contributed by atoms with Crippen molar-refractivity contribution in [2.45, 2.75) is 32.7 Å². The quantitative estimate of drug-likeness (QED) is 0.862. The fourth-order valence-electron chi connectivity index (χ4n) is 2.35. The van der Waals surface area contributed by atoms with Crippen LogP contribution in [-0.4, -0.2) is 40.8 Å². The average Bonchev–Trinajstić information content (AvgIpc) is 2.47. The number of likely N-dealkylation sites (tertiary alicyclic amines) is 1. The highest BCUT2D eigenvalue weighted by Gasteiger charge is 2.26. The van der Waals surface area contributed by atoms with Crippen LogP contribution in [0.15, 0.2) is 23.3 Å². The number of carbonyl (C=O) groups excluding carboxylic acids is 2. The maximum atomic E-state index is 12.3. The zero-order valence-electron chi connectivity index (χ0n) is 12.4. The fourth-order valence-corrected chi connectivity index (χ4v) is 2.35. The summed E-state index contributed by atoms with van der Waals surface area (Å²) in [6.07, 6.45) is 4.38. The molecular formula is C15H21N3O3. The highest BCUT2D eigenvalue weighted by atomic mass is 16.2.